The highest BCUT2D eigenvalue weighted by molar-refractivity contribution is 5.34. The number of nitrogens with zero attached hydrogens (tertiary/aromatic N) is 1. The second-order valence-electron chi connectivity index (χ2n) is 7.76. The molecular formula is C20H29N2+. The Morgan fingerprint density at radius 3 is 2.36 bits per heavy atom. The Morgan fingerprint density at radius 1 is 1.14 bits per heavy atom. The van der Waals surface area contributed by atoms with E-state index in [0.717, 1.165) is 5.82 Å². The van der Waals surface area contributed by atoms with Gasteiger partial charge in [0, 0.05) is 12.8 Å². The quantitative estimate of drug-likeness (QED) is 0.764. The fourth-order valence-electron chi connectivity index (χ4n) is 3.72. The summed E-state index contributed by atoms with van der Waals surface area (Å²) in [5.74, 6) is 1.62. The first-order valence-electron chi connectivity index (χ1n) is 9.00. The molecule has 1 saturated carbocycles. The fourth-order valence-corrected chi connectivity index (χ4v) is 3.72. The van der Waals surface area contributed by atoms with E-state index in [9.17, 15) is 0 Å². The monoisotopic (exact) mass is 298 g/mol. The summed E-state index contributed by atoms with van der Waals surface area (Å²) in [6.07, 6.45) is 5.04. The lowest BCUT2D eigenvalue weighted by Crippen LogP contribution is -2.42. The van der Waals surface area contributed by atoms with Crippen molar-refractivity contribution in [3.05, 3.63) is 47.0 Å². The second kappa shape index (κ2) is 5.57. The smallest absolute Gasteiger partial charge is 0.244 e. The molecule has 3 rings (SSSR count). The normalized spacial score (nSPS) is 17.0. The first kappa shape index (κ1) is 14.0. The van der Waals surface area contributed by atoms with Crippen molar-refractivity contribution in [2.75, 3.05) is 0 Å². The molecule has 0 atom stereocenters. The number of para-hydroxylation sites is 1. The van der Waals surface area contributed by atoms with Gasteiger partial charge in [0.1, 0.15) is 17.1 Å². The number of imidazole rings is 1. The van der Waals surface area contributed by atoms with Crippen LogP contribution in [-0.2, 0) is 5.41 Å². The molecule has 2 heteroatoms. The number of H-pyrrole nitrogens is 1. The van der Waals surface area contributed by atoms with E-state index in [4.69, 9.17) is 1.41 Å². The van der Waals surface area contributed by atoms with Gasteiger partial charge in [0.2, 0.25) is 0 Å². The molecule has 2 nitrogen and oxygen atoms in total. The first-order valence-corrected chi connectivity index (χ1v) is 8.55. The molecule has 1 aromatic heterocycles. The summed E-state index contributed by atoms with van der Waals surface area (Å²) in [5.41, 5.74) is 4.85. The van der Waals surface area contributed by atoms with Crippen LogP contribution in [0.4, 0.5) is 0 Å². The van der Waals surface area contributed by atoms with Crippen LogP contribution in [0.25, 0.3) is 5.69 Å². The van der Waals surface area contributed by atoms with Crippen molar-refractivity contribution in [3.63, 3.8) is 0 Å². The van der Waals surface area contributed by atoms with Crippen molar-refractivity contribution in [1.29, 1.82) is 0 Å². The standard InChI is InChI=1S/C20H28N2/c1-14-10-6-9-13-17(14)22-15(2)18(16-11-7-8-12-16)21-19(22)20(3,4)5/h6,9-10,13,16H,7-8,11-12H2,1-5H3/p+1/i/hD. The maximum absolute atomic E-state index is 8.84. The van der Waals surface area contributed by atoms with Crippen LogP contribution in [0.15, 0.2) is 24.3 Å². The van der Waals surface area contributed by atoms with E-state index in [1.54, 1.807) is 4.98 Å². The Labute approximate surface area is 136 Å². The Kier molecular flexibility index (Phi) is 3.56. The van der Waals surface area contributed by atoms with Gasteiger partial charge in [-0.25, -0.2) is 4.98 Å². The van der Waals surface area contributed by atoms with Crippen LogP contribution in [-0.4, -0.2) is 4.98 Å². The highest BCUT2D eigenvalue weighted by Gasteiger charge is 2.35. The summed E-state index contributed by atoms with van der Waals surface area (Å²) >= 11 is 0. The highest BCUT2D eigenvalue weighted by Crippen LogP contribution is 2.35. The van der Waals surface area contributed by atoms with E-state index in [1.165, 1.54) is 48.3 Å². The predicted octanol–water partition coefficient (Wildman–Crippen LogP) is 4.86. The second-order valence-corrected chi connectivity index (χ2v) is 7.76. The summed E-state index contributed by atoms with van der Waals surface area (Å²) in [4.78, 5) is 1.75. The Bertz CT molecular complexity index is 716. The van der Waals surface area contributed by atoms with Gasteiger partial charge in [-0.2, -0.15) is 4.57 Å². The number of aromatic nitrogens is 2. The Hall–Kier alpha value is -1.57. The van der Waals surface area contributed by atoms with Crippen LogP contribution in [0.5, 0.6) is 0 Å². The van der Waals surface area contributed by atoms with Gasteiger partial charge in [-0.1, -0.05) is 31.0 Å². The van der Waals surface area contributed by atoms with E-state index in [-0.39, 0.29) is 5.41 Å². The van der Waals surface area contributed by atoms with E-state index in [0.29, 0.717) is 5.92 Å². The molecule has 0 saturated heterocycles. The lowest BCUT2D eigenvalue weighted by Gasteiger charge is -2.15. The predicted molar refractivity (Wildman–Crippen MR) is 91.7 cm³/mol. The minimum Gasteiger partial charge on any atom is -0.244 e. The zero-order valence-electron chi connectivity index (χ0n) is 15.6. The van der Waals surface area contributed by atoms with Gasteiger partial charge in [-0.05, 0) is 52.2 Å². The van der Waals surface area contributed by atoms with Crippen LogP contribution < -0.4 is 4.57 Å². The molecule has 0 unspecified atom stereocenters. The van der Waals surface area contributed by atoms with Crippen LogP contribution in [0, 0.1) is 13.8 Å². The van der Waals surface area contributed by atoms with Crippen LogP contribution in [0.1, 0.15) is 75.1 Å². The van der Waals surface area contributed by atoms with Gasteiger partial charge < -0.3 is 0 Å². The zero-order chi connectivity index (χ0) is 16.8. The molecule has 22 heavy (non-hydrogen) atoms. The molecule has 2 aromatic rings. The molecule has 0 amide bonds. The van der Waals surface area contributed by atoms with Crippen molar-refractivity contribution in [2.24, 2.45) is 0 Å². The number of hydrogen-bond acceptors (Lipinski definition) is 0. The number of aryl methyl sites for hydroxylation is 1. The largest absolute Gasteiger partial charge is 0.312 e. The third kappa shape index (κ3) is 2.60. The number of nitrogens with one attached hydrogen (secondary N) is 1. The van der Waals surface area contributed by atoms with Gasteiger partial charge >= 0.3 is 1.41 Å². The first-order chi connectivity index (χ1) is 10.8. The third-order valence-corrected chi connectivity index (χ3v) is 4.91. The number of rotatable bonds is 2. The van der Waals surface area contributed by atoms with Crippen LogP contribution in [0.3, 0.4) is 0 Å². The molecule has 1 fully saturated rings. The molecule has 118 valence electrons. The van der Waals surface area contributed by atoms with Crippen molar-refractivity contribution in [1.82, 2.24) is 4.98 Å². The van der Waals surface area contributed by atoms with Crippen molar-refractivity contribution >= 4 is 0 Å². The topological polar surface area (TPSA) is 19.7 Å². The van der Waals surface area contributed by atoms with Crippen molar-refractivity contribution < 1.29 is 5.98 Å². The maximum atomic E-state index is 8.84. The Balaban J connectivity index is 2.30. The van der Waals surface area contributed by atoms with Gasteiger partial charge in [0.05, 0.1) is 5.41 Å². The minimum atomic E-state index is -0.0777. The molecule has 1 heterocycles. The summed E-state index contributed by atoms with van der Waals surface area (Å²) in [5, 5.41) is 0. The number of benzene rings is 1. The summed E-state index contributed by atoms with van der Waals surface area (Å²) in [6.45, 7) is 11.0. The molecule has 0 radical (unpaired) electrons. The third-order valence-electron chi connectivity index (χ3n) is 4.91. The fraction of sp³-hybridized carbons (Fsp3) is 0.550. The Morgan fingerprint density at radius 2 is 1.77 bits per heavy atom. The summed E-state index contributed by atoms with van der Waals surface area (Å²) < 4.78 is 11.2. The molecule has 1 N–H and O–H groups in total. The molecular weight excluding hydrogens is 268 g/mol. The van der Waals surface area contributed by atoms with E-state index >= 15 is 0 Å². The van der Waals surface area contributed by atoms with Crippen molar-refractivity contribution in [3.8, 4) is 5.69 Å². The summed E-state index contributed by atoms with van der Waals surface area (Å²) in [6, 6.07) is 8.51. The lowest BCUT2D eigenvalue weighted by molar-refractivity contribution is -0.614. The molecule has 1 aliphatic rings. The maximum Gasteiger partial charge on any atom is 0.312 e. The van der Waals surface area contributed by atoms with Gasteiger partial charge in [0.15, 0.2) is 0 Å². The van der Waals surface area contributed by atoms with Crippen molar-refractivity contribution in [2.45, 2.75) is 71.6 Å². The molecule has 0 spiro atoms. The number of aromatic amines is 1. The summed E-state index contributed by atoms with van der Waals surface area (Å²) in [7, 11) is 0. The zero-order valence-corrected chi connectivity index (χ0v) is 14.6. The molecule has 1 aliphatic carbocycles. The minimum absolute atomic E-state index is 0.0777. The van der Waals surface area contributed by atoms with Gasteiger partial charge in [-0.3, -0.25) is 0 Å². The lowest BCUT2D eigenvalue weighted by atomic mass is 9.95. The van der Waals surface area contributed by atoms with Crippen LogP contribution >= 0.6 is 0 Å². The van der Waals surface area contributed by atoms with E-state index in [2.05, 4.69) is 63.5 Å². The average molecular weight is 298 g/mol. The molecule has 1 aromatic carbocycles. The van der Waals surface area contributed by atoms with Crippen LogP contribution in [0.2, 0.25) is 1.41 Å². The van der Waals surface area contributed by atoms with Gasteiger partial charge in [0.25, 0.3) is 5.82 Å². The molecule has 0 bridgehead atoms. The SMILES string of the molecule is [2H]n1c(C2CCCC2)c(C)[n+](-c2ccccc2C)c1C(C)(C)C. The van der Waals surface area contributed by atoms with E-state index < -0.39 is 0 Å². The van der Waals surface area contributed by atoms with Gasteiger partial charge in [-0.15, -0.1) is 0 Å². The highest BCUT2D eigenvalue weighted by atomic mass is 15.1. The average Bonchev–Trinajstić information content (AvgIpc) is 3.05. The number of hydrogen-bond donors (Lipinski definition) is 1. The molecule has 0 aliphatic heterocycles. The van der Waals surface area contributed by atoms with E-state index in [1.807, 2.05) is 0 Å².